The maximum Gasteiger partial charge on any atom is 0.329 e. The van der Waals surface area contributed by atoms with Crippen molar-refractivity contribution in [1.29, 1.82) is 0 Å². The lowest BCUT2D eigenvalue weighted by atomic mass is 10.1. The SMILES string of the molecule is CCc1ccccc1NC(=O)CN1C(=O)N/C(=C/c2cc(Br)c(OCc3ccc(F)cc3)c(OC)c2)C1=O. The molecule has 0 radical (unpaired) electrons. The number of aryl methyl sites for hydroxylation is 1. The molecule has 0 bridgehead atoms. The Kier molecular flexibility index (Phi) is 8.42. The van der Waals surface area contributed by atoms with Gasteiger partial charge in [0.05, 0.1) is 11.6 Å². The second-order valence-electron chi connectivity index (χ2n) is 8.39. The molecule has 4 amide bonds. The van der Waals surface area contributed by atoms with Crippen molar-refractivity contribution in [3.05, 3.63) is 93.3 Å². The van der Waals surface area contributed by atoms with Crippen LogP contribution in [0, 0.1) is 5.82 Å². The van der Waals surface area contributed by atoms with Crippen LogP contribution in [-0.4, -0.2) is 36.4 Å². The zero-order valence-corrected chi connectivity index (χ0v) is 22.3. The molecule has 0 atom stereocenters. The number of methoxy groups -OCH3 is 1. The Hall–Kier alpha value is -4.18. The van der Waals surface area contributed by atoms with Crippen LogP contribution >= 0.6 is 15.9 Å². The maximum atomic E-state index is 13.2. The van der Waals surface area contributed by atoms with Gasteiger partial charge in [-0.3, -0.25) is 9.59 Å². The van der Waals surface area contributed by atoms with Gasteiger partial charge < -0.3 is 20.1 Å². The summed E-state index contributed by atoms with van der Waals surface area (Å²) in [4.78, 5) is 38.8. The van der Waals surface area contributed by atoms with E-state index in [1.807, 2.05) is 19.1 Å². The zero-order chi connectivity index (χ0) is 27.2. The highest BCUT2D eigenvalue weighted by Crippen LogP contribution is 2.38. The molecule has 10 heteroatoms. The molecule has 1 aliphatic rings. The third-order valence-corrected chi connectivity index (χ3v) is 6.38. The van der Waals surface area contributed by atoms with E-state index in [1.165, 1.54) is 25.3 Å². The van der Waals surface area contributed by atoms with Gasteiger partial charge in [-0.15, -0.1) is 0 Å². The predicted octanol–water partition coefficient (Wildman–Crippen LogP) is 5.27. The Morgan fingerprint density at radius 3 is 2.58 bits per heavy atom. The Balaban J connectivity index is 1.47. The number of para-hydroxylation sites is 1. The normalized spacial score (nSPS) is 14.0. The molecule has 1 heterocycles. The first-order valence-electron chi connectivity index (χ1n) is 11.8. The van der Waals surface area contributed by atoms with Crippen LogP contribution in [-0.2, 0) is 22.6 Å². The first-order chi connectivity index (χ1) is 18.3. The quantitative estimate of drug-likeness (QED) is 0.265. The second kappa shape index (κ2) is 11.9. The van der Waals surface area contributed by atoms with Gasteiger partial charge in [0.2, 0.25) is 5.91 Å². The molecule has 1 fully saturated rings. The van der Waals surface area contributed by atoms with E-state index >= 15 is 0 Å². The molecular formula is C28H25BrFN3O5. The van der Waals surface area contributed by atoms with E-state index in [4.69, 9.17) is 9.47 Å². The minimum atomic E-state index is -0.689. The lowest BCUT2D eigenvalue weighted by molar-refractivity contribution is -0.127. The fourth-order valence-electron chi connectivity index (χ4n) is 3.87. The molecule has 4 rings (SSSR count). The summed E-state index contributed by atoms with van der Waals surface area (Å²) in [7, 11) is 1.48. The monoisotopic (exact) mass is 581 g/mol. The number of rotatable bonds is 9. The number of carbonyl (C=O) groups excluding carboxylic acids is 3. The molecule has 3 aromatic rings. The summed E-state index contributed by atoms with van der Waals surface area (Å²) < 4.78 is 25.0. The average Bonchev–Trinajstić information content (AvgIpc) is 3.16. The van der Waals surface area contributed by atoms with Crippen LogP contribution in [0.3, 0.4) is 0 Å². The van der Waals surface area contributed by atoms with E-state index < -0.39 is 24.4 Å². The number of hydrogen-bond donors (Lipinski definition) is 2. The van der Waals surface area contributed by atoms with Crippen LogP contribution in [0.25, 0.3) is 6.08 Å². The summed E-state index contributed by atoms with van der Waals surface area (Å²) >= 11 is 3.46. The predicted molar refractivity (Wildman–Crippen MR) is 144 cm³/mol. The number of benzene rings is 3. The van der Waals surface area contributed by atoms with Crippen molar-refractivity contribution < 1.29 is 28.2 Å². The van der Waals surface area contributed by atoms with E-state index in [1.54, 1.807) is 36.4 Å². The molecule has 0 saturated carbocycles. The highest BCUT2D eigenvalue weighted by molar-refractivity contribution is 9.10. The largest absolute Gasteiger partial charge is 0.493 e. The summed E-state index contributed by atoms with van der Waals surface area (Å²) in [6.07, 6.45) is 2.21. The van der Waals surface area contributed by atoms with Crippen molar-refractivity contribution in [3.8, 4) is 11.5 Å². The van der Waals surface area contributed by atoms with Gasteiger partial charge in [-0.2, -0.15) is 0 Å². The van der Waals surface area contributed by atoms with Gasteiger partial charge in [-0.05, 0) is 75.4 Å². The fourth-order valence-corrected chi connectivity index (χ4v) is 4.44. The smallest absolute Gasteiger partial charge is 0.329 e. The van der Waals surface area contributed by atoms with E-state index in [-0.39, 0.29) is 18.1 Å². The third kappa shape index (κ3) is 6.20. The number of nitrogens with one attached hydrogen (secondary N) is 2. The number of nitrogens with zero attached hydrogens (tertiary/aromatic N) is 1. The van der Waals surface area contributed by atoms with E-state index in [0.29, 0.717) is 27.2 Å². The lowest BCUT2D eigenvalue weighted by Gasteiger charge is -2.14. The van der Waals surface area contributed by atoms with Crippen LogP contribution in [0.1, 0.15) is 23.6 Å². The van der Waals surface area contributed by atoms with E-state index in [2.05, 4.69) is 26.6 Å². The van der Waals surface area contributed by atoms with Gasteiger partial charge in [-0.25, -0.2) is 14.1 Å². The Labute approximate surface area is 227 Å². The molecule has 3 aromatic carbocycles. The first-order valence-corrected chi connectivity index (χ1v) is 12.6. The minimum absolute atomic E-state index is 0.0192. The molecule has 1 aliphatic heterocycles. The van der Waals surface area contributed by atoms with Gasteiger partial charge in [0.1, 0.15) is 24.7 Å². The number of urea groups is 1. The number of anilines is 1. The standard InChI is InChI=1S/C28H25BrFN3O5/c1-3-19-6-4-5-7-22(19)31-25(34)15-33-27(35)23(32-28(33)36)13-18-12-21(29)26(24(14-18)37-2)38-16-17-8-10-20(30)11-9-17/h4-14H,3,15-16H2,1-2H3,(H,31,34)(H,32,36)/b23-13+. The fraction of sp³-hybridized carbons (Fsp3) is 0.179. The Morgan fingerprint density at radius 2 is 1.87 bits per heavy atom. The zero-order valence-electron chi connectivity index (χ0n) is 20.7. The van der Waals surface area contributed by atoms with Gasteiger partial charge >= 0.3 is 6.03 Å². The maximum absolute atomic E-state index is 13.2. The summed E-state index contributed by atoms with van der Waals surface area (Å²) in [6, 6.07) is 16.0. The summed E-state index contributed by atoms with van der Waals surface area (Å²) in [5.41, 5.74) is 2.93. The van der Waals surface area contributed by atoms with Gasteiger partial charge in [0, 0.05) is 5.69 Å². The van der Waals surface area contributed by atoms with Gasteiger partial charge in [0.15, 0.2) is 11.5 Å². The Morgan fingerprint density at radius 1 is 1.13 bits per heavy atom. The third-order valence-electron chi connectivity index (χ3n) is 5.80. The van der Waals surface area contributed by atoms with Crippen molar-refractivity contribution in [1.82, 2.24) is 10.2 Å². The molecule has 0 aromatic heterocycles. The van der Waals surface area contributed by atoms with Crippen LogP contribution in [0.2, 0.25) is 0 Å². The number of hydrogen-bond acceptors (Lipinski definition) is 5. The van der Waals surface area contributed by atoms with Crippen LogP contribution in [0.5, 0.6) is 11.5 Å². The molecule has 2 N–H and O–H groups in total. The van der Waals surface area contributed by atoms with Crippen molar-refractivity contribution in [2.75, 3.05) is 19.0 Å². The molecule has 38 heavy (non-hydrogen) atoms. The number of halogens is 2. The highest BCUT2D eigenvalue weighted by Gasteiger charge is 2.35. The number of imide groups is 1. The van der Waals surface area contributed by atoms with Crippen LogP contribution in [0.15, 0.2) is 70.8 Å². The molecule has 0 unspecified atom stereocenters. The first kappa shape index (κ1) is 26.9. The molecule has 0 aliphatic carbocycles. The highest BCUT2D eigenvalue weighted by atomic mass is 79.9. The van der Waals surface area contributed by atoms with Crippen molar-refractivity contribution in [2.24, 2.45) is 0 Å². The molecular weight excluding hydrogens is 557 g/mol. The topological polar surface area (TPSA) is 97.0 Å². The lowest BCUT2D eigenvalue weighted by Crippen LogP contribution is -2.38. The van der Waals surface area contributed by atoms with Crippen LogP contribution in [0.4, 0.5) is 14.9 Å². The van der Waals surface area contributed by atoms with Crippen molar-refractivity contribution in [2.45, 2.75) is 20.0 Å². The minimum Gasteiger partial charge on any atom is -0.493 e. The summed E-state index contributed by atoms with van der Waals surface area (Å²) in [5, 5.41) is 5.28. The summed E-state index contributed by atoms with van der Waals surface area (Å²) in [5.74, 6) is -0.634. The van der Waals surface area contributed by atoms with E-state index in [0.717, 1.165) is 22.4 Å². The van der Waals surface area contributed by atoms with Crippen LogP contribution < -0.4 is 20.1 Å². The molecule has 8 nitrogen and oxygen atoms in total. The number of amides is 4. The van der Waals surface area contributed by atoms with Crippen molar-refractivity contribution in [3.63, 3.8) is 0 Å². The molecule has 1 saturated heterocycles. The summed E-state index contributed by atoms with van der Waals surface area (Å²) in [6.45, 7) is 1.73. The van der Waals surface area contributed by atoms with Gasteiger partial charge in [-0.1, -0.05) is 37.3 Å². The Bertz CT molecular complexity index is 1410. The number of ether oxygens (including phenoxy) is 2. The number of carbonyl (C=O) groups is 3. The van der Waals surface area contributed by atoms with Gasteiger partial charge in [0.25, 0.3) is 5.91 Å². The second-order valence-corrected chi connectivity index (χ2v) is 9.24. The average molecular weight is 582 g/mol. The van der Waals surface area contributed by atoms with Crippen molar-refractivity contribution >= 4 is 45.5 Å². The van der Waals surface area contributed by atoms with E-state index in [9.17, 15) is 18.8 Å². The molecule has 0 spiro atoms. The molecule has 196 valence electrons.